The van der Waals surface area contributed by atoms with Crippen LogP contribution in [-0.2, 0) is 16.1 Å². The van der Waals surface area contributed by atoms with Gasteiger partial charge in [0.25, 0.3) is 0 Å². The van der Waals surface area contributed by atoms with Gasteiger partial charge in [0.15, 0.2) is 0 Å². The maximum absolute atomic E-state index is 10.4. The molecule has 2 atom stereocenters. The Bertz CT molecular complexity index is 390. The minimum Gasteiger partial charge on any atom is -0.389 e. The maximum atomic E-state index is 10.4. The van der Waals surface area contributed by atoms with Crippen LogP contribution in [0, 0.1) is 0 Å². The summed E-state index contributed by atoms with van der Waals surface area (Å²) in [6.07, 6.45) is 3.66. The molecule has 3 heteroatoms. The van der Waals surface area contributed by atoms with Crippen molar-refractivity contribution in [1.82, 2.24) is 0 Å². The summed E-state index contributed by atoms with van der Waals surface area (Å²) in [5.41, 5.74) is 0.487. The Morgan fingerprint density at radius 2 is 2.21 bits per heavy atom. The van der Waals surface area contributed by atoms with E-state index in [2.05, 4.69) is 6.58 Å². The van der Waals surface area contributed by atoms with E-state index in [9.17, 15) is 5.11 Å². The summed E-state index contributed by atoms with van der Waals surface area (Å²) in [5.74, 6) is 0. The van der Waals surface area contributed by atoms with Crippen LogP contribution in [0.15, 0.2) is 43.0 Å². The van der Waals surface area contributed by atoms with E-state index in [0.29, 0.717) is 39.1 Å². The van der Waals surface area contributed by atoms with E-state index in [4.69, 9.17) is 9.47 Å². The molecule has 0 saturated carbocycles. The van der Waals surface area contributed by atoms with E-state index in [-0.39, 0.29) is 6.10 Å². The second-order valence-electron chi connectivity index (χ2n) is 5.16. The molecular weight excluding hydrogens is 240 g/mol. The van der Waals surface area contributed by atoms with Gasteiger partial charge in [-0.1, -0.05) is 36.4 Å². The summed E-state index contributed by atoms with van der Waals surface area (Å²) in [4.78, 5) is 0. The molecule has 1 aliphatic rings. The van der Waals surface area contributed by atoms with Crippen molar-refractivity contribution in [3.05, 3.63) is 48.6 Å². The van der Waals surface area contributed by atoms with Crippen molar-refractivity contribution in [2.75, 3.05) is 13.2 Å². The maximum Gasteiger partial charge on any atom is 0.0836 e. The summed E-state index contributed by atoms with van der Waals surface area (Å²) >= 11 is 0. The fourth-order valence-corrected chi connectivity index (χ4v) is 2.44. The van der Waals surface area contributed by atoms with E-state index in [1.165, 1.54) is 0 Å². The lowest BCUT2D eigenvalue weighted by atomic mass is 9.87. The third-order valence-electron chi connectivity index (χ3n) is 3.47. The Morgan fingerprint density at radius 1 is 1.42 bits per heavy atom. The van der Waals surface area contributed by atoms with Crippen LogP contribution in [0.3, 0.4) is 0 Å². The van der Waals surface area contributed by atoms with Crippen molar-refractivity contribution >= 4 is 0 Å². The molecule has 1 N–H and O–H groups in total. The Balaban J connectivity index is 1.75. The minimum absolute atomic E-state index is 0.0255. The molecule has 0 unspecified atom stereocenters. The average molecular weight is 262 g/mol. The Kier molecular flexibility index (Phi) is 5.14. The first-order chi connectivity index (χ1) is 9.22. The van der Waals surface area contributed by atoms with Gasteiger partial charge < -0.3 is 14.6 Å². The molecule has 0 amide bonds. The van der Waals surface area contributed by atoms with Gasteiger partial charge in [-0.2, -0.15) is 0 Å². The molecule has 104 valence electrons. The molecule has 1 aromatic rings. The second-order valence-corrected chi connectivity index (χ2v) is 5.16. The average Bonchev–Trinajstić information content (AvgIpc) is 2.40. The van der Waals surface area contributed by atoms with Gasteiger partial charge in [-0.3, -0.25) is 0 Å². The standard InChI is InChI=1S/C16H22O3/c1-2-8-16(17)9-10-19-15(11-16)13-18-12-14-6-4-3-5-7-14/h2-7,15,17H,1,8-13H2/t15-,16+/m0/s1. The van der Waals surface area contributed by atoms with Crippen molar-refractivity contribution in [2.24, 2.45) is 0 Å². The number of ether oxygens (including phenoxy) is 2. The first-order valence-electron chi connectivity index (χ1n) is 6.78. The van der Waals surface area contributed by atoms with Crippen LogP contribution < -0.4 is 0 Å². The van der Waals surface area contributed by atoms with E-state index < -0.39 is 5.60 Å². The Hall–Kier alpha value is -1.16. The lowest BCUT2D eigenvalue weighted by Gasteiger charge is -2.36. The van der Waals surface area contributed by atoms with Crippen LogP contribution in [0.5, 0.6) is 0 Å². The van der Waals surface area contributed by atoms with Gasteiger partial charge >= 0.3 is 0 Å². The lowest BCUT2D eigenvalue weighted by molar-refractivity contribution is -0.124. The molecule has 0 spiro atoms. The van der Waals surface area contributed by atoms with E-state index in [0.717, 1.165) is 5.56 Å². The largest absolute Gasteiger partial charge is 0.389 e. The van der Waals surface area contributed by atoms with Gasteiger partial charge in [0, 0.05) is 13.0 Å². The van der Waals surface area contributed by atoms with Crippen molar-refractivity contribution in [3.63, 3.8) is 0 Å². The zero-order valence-electron chi connectivity index (χ0n) is 11.3. The summed E-state index contributed by atoms with van der Waals surface area (Å²) in [7, 11) is 0. The van der Waals surface area contributed by atoms with Crippen LogP contribution in [0.2, 0.25) is 0 Å². The van der Waals surface area contributed by atoms with Crippen LogP contribution in [0.25, 0.3) is 0 Å². The van der Waals surface area contributed by atoms with E-state index in [1.54, 1.807) is 6.08 Å². The SMILES string of the molecule is C=CC[C@@]1(O)CCO[C@H](COCc2ccccc2)C1. The third kappa shape index (κ3) is 4.46. The zero-order chi connectivity index (χ0) is 13.6. The van der Waals surface area contributed by atoms with Crippen molar-refractivity contribution in [1.29, 1.82) is 0 Å². The molecule has 0 aromatic heterocycles. The smallest absolute Gasteiger partial charge is 0.0836 e. The monoisotopic (exact) mass is 262 g/mol. The van der Waals surface area contributed by atoms with Crippen LogP contribution >= 0.6 is 0 Å². The molecule has 2 rings (SSSR count). The second kappa shape index (κ2) is 6.85. The predicted octanol–water partition coefficient (Wildman–Crippen LogP) is 2.69. The molecule has 0 radical (unpaired) electrons. The highest BCUT2D eigenvalue weighted by Crippen LogP contribution is 2.28. The Morgan fingerprint density at radius 3 is 2.95 bits per heavy atom. The number of benzene rings is 1. The van der Waals surface area contributed by atoms with Crippen LogP contribution in [-0.4, -0.2) is 30.0 Å². The van der Waals surface area contributed by atoms with Gasteiger partial charge in [0.2, 0.25) is 0 Å². The highest BCUT2D eigenvalue weighted by Gasteiger charge is 2.33. The molecule has 3 nitrogen and oxygen atoms in total. The molecule has 1 aliphatic heterocycles. The Labute approximate surface area is 114 Å². The van der Waals surface area contributed by atoms with Crippen molar-refractivity contribution in [3.8, 4) is 0 Å². The van der Waals surface area contributed by atoms with Gasteiger partial charge in [-0.05, 0) is 18.4 Å². The minimum atomic E-state index is -0.666. The van der Waals surface area contributed by atoms with Crippen LogP contribution in [0.1, 0.15) is 24.8 Å². The number of rotatable bonds is 6. The quantitative estimate of drug-likeness (QED) is 0.801. The van der Waals surface area contributed by atoms with Gasteiger partial charge in [0.05, 0.1) is 24.9 Å². The highest BCUT2D eigenvalue weighted by atomic mass is 16.5. The molecule has 0 bridgehead atoms. The summed E-state index contributed by atoms with van der Waals surface area (Å²) in [6.45, 7) is 5.39. The highest BCUT2D eigenvalue weighted by molar-refractivity contribution is 5.13. The topological polar surface area (TPSA) is 38.7 Å². The van der Waals surface area contributed by atoms with Crippen molar-refractivity contribution < 1.29 is 14.6 Å². The normalized spacial score (nSPS) is 27.1. The summed E-state index contributed by atoms with van der Waals surface area (Å²) in [6, 6.07) is 10.1. The van der Waals surface area contributed by atoms with E-state index in [1.807, 2.05) is 30.3 Å². The first kappa shape index (κ1) is 14.3. The van der Waals surface area contributed by atoms with Crippen molar-refractivity contribution in [2.45, 2.75) is 37.6 Å². The van der Waals surface area contributed by atoms with Gasteiger partial charge in [-0.25, -0.2) is 0 Å². The third-order valence-corrected chi connectivity index (χ3v) is 3.47. The molecule has 1 aromatic carbocycles. The number of aliphatic hydroxyl groups is 1. The fraction of sp³-hybridized carbons (Fsp3) is 0.500. The molecule has 1 fully saturated rings. The van der Waals surface area contributed by atoms with E-state index >= 15 is 0 Å². The summed E-state index contributed by atoms with van der Waals surface area (Å²) in [5, 5.41) is 10.4. The molecule has 1 saturated heterocycles. The summed E-state index contributed by atoms with van der Waals surface area (Å²) < 4.78 is 11.3. The zero-order valence-corrected chi connectivity index (χ0v) is 11.3. The molecule has 1 heterocycles. The molecule has 0 aliphatic carbocycles. The van der Waals surface area contributed by atoms with Gasteiger partial charge in [-0.15, -0.1) is 6.58 Å². The number of hydrogen-bond acceptors (Lipinski definition) is 3. The lowest BCUT2D eigenvalue weighted by Crippen LogP contribution is -2.42. The van der Waals surface area contributed by atoms with Gasteiger partial charge in [0.1, 0.15) is 0 Å². The molecule has 19 heavy (non-hydrogen) atoms. The molecular formula is C16H22O3. The number of hydrogen-bond donors (Lipinski definition) is 1. The predicted molar refractivity (Wildman–Crippen MR) is 74.8 cm³/mol. The van der Waals surface area contributed by atoms with Crippen LogP contribution in [0.4, 0.5) is 0 Å². The fourth-order valence-electron chi connectivity index (χ4n) is 2.44. The first-order valence-corrected chi connectivity index (χ1v) is 6.78.